The summed E-state index contributed by atoms with van der Waals surface area (Å²) in [6, 6.07) is 4.52. The molecular weight excluding hydrogens is 276 g/mol. The topological polar surface area (TPSA) is 50.1 Å². The molecule has 6 heteroatoms. The molecule has 1 atom stereocenters. The molecule has 0 radical (unpaired) electrons. The molecule has 0 saturated carbocycles. The zero-order chi connectivity index (χ0) is 15.4. The van der Waals surface area contributed by atoms with Gasteiger partial charge in [-0.3, -0.25) is 4.90 Å². The molecule has 1 saturated heterocycles. The predicted molar refractivity (Wildman–Crippen MR) is 86.6 cm³/mol. The van der Waals surface area contributed by atoms with E-state index in [9.17, 15) is 0 Å². The molecule has 3 heterocycles. The van der Waals surface area contributed by atoms with Gasteiger partial charge in [-0.2, -0.15) is 5.10 Å². The number of aryl methyl sites for hydroxylation is 1. The second-order valence-electron chi connectivity index (χ2n) is 5.87. The van der Waals surface area contributed by atoms with Crippen molar-refractivity contribution < 1.29 is 0 Å². The van der Waals surface area contributed by atoms with E-state index < -0.39 is 0 Å². The van der Waals surface area contributed by atoms with Crippen molar-refractivity contribution in [1.82, 2.24) is 24.6 Å². The van der Waals surface area contributed by atoms with E-state index >= 15 is 0 Å². The number of hydrogen-bond donors (Lipinski definition) is 0. The van der Waals surface area contributed by atoms with E-state index in [4.69, 9.17) is 0 Å². The Balaban J connectivity index is 1.64. The normalized spacial score (nSPS) is 18.9. The molecule has 0 bridgehead atoms. The third kappa shape index (κ3) is 3.27. The number of aromatic nitrogens is 4. The molecule has 0 N–H and O–H groups in total. The van der Waals surface area contributed by atoms with Gasteiger partial charge in [-0.05, 0) is 38.9 Å². The average molecular weight is 300 g/mol. The van der Waals surface area contributed by atoms with Crippen LogP contribution < -0.4 is 4.90 Å². The van der Waals surface area contributed by atoms with Gasteiger partial charge in [0, 0.05) is 44.3 Å². The van der Waals surface area contributed by atoms with Gasteiger partial charge in [-0.1, -0.05) is 0 Å². The summed E-state index contributed by atoms with van der Waals surface area (Å²) in [5.74, 6) is 2.12. The van der Waals surface area contributed by atoms with Gasteiger partial charge >= 0.3 is 0 Å². The summed E-state index contributed by atoms with van der Waals surface area (Å²) < 4.78 is 2.21. The lowest BCUT2D eigenvalue weighted by Crippen LogP contribution is -2.46. The lowest BCUT2D eigenvalue weighted by Gasteiger charge is -2.37. The maximum Gasteiger partial charge on any atom is 0.151 e. The first-order valence-corrected chi connectivity index (χ1v) is 8.01. The number of nitrogens with zero attached hydrogens (tertiary/aromatic N) is 6. The monoisotopic (exact) mass is 300 g/mol. The Bertz CT molecular complexity index is 581. The maximum atomic E-state index is 4.48. The number of rotatable bonds is 5. The van der Waals surface area contributed by atoms with E-state index in [0.717, 1.165) is 37.8 Å². The fourth-order valence-corrected chi connectivity index (χ4v) is 3.12. The van der Waals surface area contributed by atoms with Crippen LogP contribution in [0.5, 0.6) is 0 Å². The molecule has 0 aromatic carbocycles. The highest BCUT2D eigenvalue weighted by molar-refractivity contribution is 5.37. The van der Waals surface area contributed by atoms with Crippen molar-refractivity contribution in [3.05, 3.63) is 36.5 Å². The van der Waals surface area contributed by atoms with E-state index in [2.05, 4.69) is 49.7 Å². The Kier molecular flexibility index (Phi) is 4.68. The summed E-state index contributed by atoms with van der Waals surface area (Å²) in [5, 5.41) is 8.23. The molecule has 0 unspecified atom stereocenters. The fraction of sp³-hybridized carbons (Fsp3) is 0.562. The van der Waals surface area contributed by atoms with Crippen molar-refractivity contribution in [2.24, 2.45) is 0 Å². The Morgan fingerprint density at radius 2 is 2.27 bits per heavy atom. The van der Waals surface area contributed by atoms with E-state index in [1.54, 1.807) is 6.20 Å². The second-order valence-corrected chi connectivity index (χ2v) is 5.87. The van der Waals surface area contributed by atoms with Gasteiger partial charge < -0.3 is 9.47 Å². The average Bonchev–Trinajstić information content (AvgIpc) is 3.03. The summed E-state index contributed by atoms with van der Waals surface area (Å²) in [4.78, 5) is 9.24. The molecule has 1 aliphatic rings. The van der Waals surface area contributed by atoms with Crippen LogP contribution in [-0.2, 0) is 13.1 Å². The van der Waals surface area contributed by atoms with Gasteiger partial charge in [0.2, 0.25) is 0 Å². The van der Waals surface area contributed by atoms with Crippen molar-refractivity contribution >= 4 is 5.82 Å². The molecule has 0 spiro atoms. The van der Waals surface area contributed by atoms with Crippen LogP contribution in [0.1, 0.15) is 25.6 Å². The minimum Gasteiger partial charge on any atom is -0.354 e. The molecular formula is C16H24N6. The minimum absolute atomic E-state index is 0.526. The van der Waals surface area contributed by atoms with Gasteiger partial charge in [0.05, 0.1) is 6.54 Å². The molecule has 0 aliphatic carbocycles. The van der Waals surface area contributed by atoms with Crippen LogP contribution in [0.25, 0.3) is 0 Å². The highest BCUT2D eigenvalue weighted by Gasteiger charge is 2.24. The molecule has 6 nitrogen and oxygen atoms in total. The quantitative estimate of drug-likeness (QED) is 0.842. The highest BCUT2D eigenvalue weighted by Crippen LogP contribution is 2.20. The molecule has 2 aromatic heterocycles. The predicted octanol–water partition coefficient (Wildman–Crippen LogP) is 1.79. The molecule has 2 aromatic rings. The number of imidazole rings is 1. The molecule has 1 aliphatic heterocycles. The maximum absolute atomic E-state index is 4.48. The van der Waals surface area contributed by atoms with Crippen molar-refractivity contribution in [2.75, 3.05) is 25.0 Å². The van der Waals surface area contributed by atoms with Gasteiger partial charge in [0.25, 0.3) is 0 Å². The van der Waals surface area contributed by atoms with Gasteiger partial charge in [-0.15, -0.1) is 5.10 Å². The Hall–Kier alpha value is -1.95. The van der Waals surface area contributed by atoms with E-state index in [1.807, 2.05) is 18.3 Å². The van der Waals surface area contributed by atoms with Crippen LogP contribution in [-0.4, -0.2) is 50.8 Å². The van der Waals surface area contributed by atoms with Gasteiger partial charge in [-0.25, -0.2) is 4.98 Å². The molecule has 22 heavy (non-hydrogen) atoms. The summed E-state index contributed by atoms with van der Waals surface area (Å²) in [6.07, 6.45) is 8.07. The van der Waals surface area contributed by atoms with Gasteiger partial charge in [0.15, 0.2) is 5.82 Å². The standard InChI is InChI=1S/C16H24N6/c1-3-21-11-9-17-16(21)13-20(2)14-6-5-10-22(12-14)15-7-4-8-18-19-15/h4,7-9,11,14H,3,5-6,10,12-13H2,1-2H3/t14-/m0/s1. The molecule has 0 amide bonds. The van der Waals surface area contributed by atoms with Gasteiger partial charge in [0.1, 0.15) is 5.82 Å². The van der Waals surface area contributed by atoms with Crippen molar-refractivity contribution in [1.29, 1.82) is 0 Å². The number of piperidine rings is 1. The summed E-state index contributed by atoms with van der Waals surface area (Å²) in [7, 11) is 2.19. The molecule has 118 valence electrons. The van der Waals surface area contributed by atoms with Crippen LogP contribution in [0.3, 0.4) is 0 Å². The van der Waals surface area contributed by atoms with Crippen LogP contribution in [0.2, 0.25) is 0 Å². The smallest absolute Gasteiger partial charge is 0.151 e. The lowest BCUT2D eigenvalue weighted by molar-refractivity contribution is 0.201. The first-order chi connectivity index (χ1) is 10.8. The Morgan fingerprint density at radius 3 is 3.05 bits per heavy atom. The number of hydrogen-bond acceptors (Lipinski definition) is 5. The summed E-state index contributed by atoms with van der Waals surface area (Å²) in [6.45, 7) is 6.08. The third-order valence-corrected chi connectivity index (χ3v) is 4.44. The SMILES string of the molecule is CCn1ccnc1CN(C)[C@H]1CCCN(c2cccnn2)C1. The van der Waals surface area contributed by atoms with Crippen LogP contribution in [0.4, 0.5) is 5.82 Å². The molecule has 1 fully saturated rings. The zero-order valence-corrected chi connectivity index (χ0v) is 13.4. The van der Waals surface area contributed by atoms with Crippen LogP contribution >= 0.6 is 0 Å². The number of anilines is 1. The first-order valence-electron chi connectivity index (χ1n) is 8.01. The summed E-state index contributed by atoms with van der Waals surface area (Å²) >= 11 is 0. The van der Waals surface area contributed by atoms with Crippen molar-refractivity contribution in [3.8, 4) is 0 Å². The fourth-order valence-electron chi connectivity index (χ4n) is 3.12. The largest absolute Gasteiger partial charge is 0.354 e. The first kappa shape index (κ1) is 15.0. The van der Waals surface area contributed by atoms with Crippen LogP contribution in [0, 0.1) is 0 Å². The Morgan fingerprint density at radius 1 is 1.36 bits per heavy atom. The number of likely N-dealkylation sites (N-methyl/N-ethyl adjacent to an activating group) is 1. The Labute approximate surface area is 131 Å². The minimum atomic E-state index is 0.526. The van der Waals surface area contributed by atoms with E-state index in [1.165, 1.54) is 12.8 Å². The zero-order valence-electron chi connectivity index (χ0n) is 13.4. The van der Waals surface area contributed by atoms with Crippen molar-refractivity contribution in [3.63, 3.8) is 0 Å². The molecule has 3 rings (SSSR count). The summed E-state index contributed by atoms with van der Waals surface area (Å²) in [5.41, 5.74) is 0. The third-order valence-electron chi connectivity index (χ3n) is 4.44. The second kappa shape index (κ2) is 6.87. The lowest BCUT2D eigenvalue weighted by atomic mass is 10.0. The van der Waals surface area contributed by atoms with Crippen molar-refractivity contribution in [2.45, 2.75) is 38.9 Å². The van der Waals surface area contributed by atoms with E-state index in [0.29, 0.717) is 6.04 Å². The highest BCUT2D eigenvalue weighted by atomic mass is 15.3. The van der Waals surface area contributed by atoms with Crippen LogP contribution in [0.15, 0.2) is 30.7 Å². The van der Waals surface area contributed by atoms with E-state index in [-0.39, 0.29) is 0 Å².